The maximum atomic E-state index is 13.2. The van der Waals surface area contributed by atoms with E-state index in [4.69, 9.17) is 10.8 Å². The van der Waals surface area contributed by atoms with Crippen molar-refractivity contribution in [2.45, 2.75) is 33.4 Å². The van der Waals surface area contributed by atoms with Gasteiger partial charge in [0, 0.05) is 29.1 Å². The Kier molecular flexibility index (Phi) is 5.74. The standard InChI is InChI=1S/C24H21N3O3S/c1-4-18-7-5-8-19(13-18)27(14-20-9-6-12-30-20)21(28)10-11-26-15-25-23-22(24(26)29)16(2)17(3)31-23/h1,5-9,12-13,15H,10-11,14H2,2-3H3. The van der Waals surface area contributed by atoms with E-state index in [9.17, 15) is 9.59 Å². The number of carbonyl (C=O) groups excluding carboxylic acids is 1. The SMILES string of the molecule is C#Cc1cccc(N(Cc2ccco2)C(=O)CCn2cnc3sc(C)c(C)c3c2=O)c1. The lowest BCUT2D eigenvalue weighted by molar-refractivity contribution is -0.119. The highest BCUT2D eigenvalue weighted by Gasteiger charge is 2.19. The molecule has 0 aliphatic carbocycles. The Morgan fingerprint density at radius 3 is 2.87 bits per heavy atom. The number of aromatic nitrogens is 2. The molecule has 0 spiro atoms. The van der Waals surface area contributed by atoms with Crippen LogP contribution in [0.4, 0.5) is 5.69 Å². The second-order valence-electron chi connectivity index (χ2n) is 7.21. The molecule has 0 saturated carbocycles. The van der Waals surface area contributed by atoms with Gasteiger partial charge < -0.3 is 9.32 Å². The van der Waals surface area contributed by atoms with E-state index in [0.717, 1.165) is 15.3 Å². The Morgan fingerprint density at radius 1 is 1.29 bits per heavy atom. The summed E-state index contributed by atoms with van der Waals surface area (Å²) in [5.74, 6) is 3.11. The third-order valence-corrected chi connectivity index (χ3v) is 6.36. The number of benzene rings is 1. The number of aryl methyl sites for hydroxylation is 3. The average molecular weight is 432 g/mol. The zero-order valence-electron chi connectivity index (χ0n) is 17.3. The quantitative estimate of drug-likeness (QED) is 0.428. The maximum absolute atomic E-state index is 13.2. The highest BCUT2D eigenvalue weighted by Crippen LogP contribution is 2.25. The molecule has 0 radical (unpaired) electrons. The fourth-order valence-electron chi connectivity index (χ4n) is 3.43. The highest BCUT2D eigenvalue weighted by molar-refractivity contribution is 7.18. The maximum Gasteiger partial charge on any atom is 0.262 e. The van der Waals surface area contributed by atoms with Crippen molar-refractivity contribution in [3.63, 3.8) is 0 Å². The molecule has 0 aliphatic heterocycles. The van der Waals surface area contributed by atoms with Crippen molar-refractivity contribution in [1.82, 2.24) is 9.55 Å². The van der Waals surface area contributed by atoms with Gasteiger partial charge in [0.1, 0.15) is 10.6 Å². The fourth-order valence-corrected chi connectivity index (χ4v) is 4.41. The van der Waals surface area contributed by atoms with Crippen LogP contribution in [0.3, 0.4) is 0 Å². The summed E-state index contributed by atoms with van der Waals surface area (Å²) in [6.07, 6.45) is 8.75. The number of hydrogen-bond donors (Lipinski definition) is 0. The van der Waals surface area contributed by atoms with Crippen molar-refractivity contribution in [3.05, 3.63) is 81.1 Å². The first-order valence-corrected chi connectivity index (χ1v) is 10.6. The molecule has 0 N–H and O–H groups in total. The second kappa shape index (κ2) is 8.62. The molecule has 156 valence electrons. The lowest BCUT2D eigenvalue weighted by Gasteiger charge is -2.22. The van der Waals surface area contributed by atoms with Crippen LogP contribution in [0, 0.1) is 26.2 Å². The smallest absolute Gasteiger partial charge is 0.262 e. The first-order chi connectivity index (χ1) is 15.0. The van der Waals surface area contributed by atoms with Crippen molar-refractivity contribution >= 4 is 33.1 Å². The Labute approximate surface area is 183 Å². The largest absolute Gasteiger partial charge is 0.467 e. The number of anilines is 1. The summed E-state index contributed by atoms with van der Waals surface area (Å²) in [6, 6.07) is 10.8. The van der Waals surface area contributed by atoms with Gasteiger partial charge in [-0.25, -0.2) is 4.98 Å². The van der Waals surface area contributed by atoms with E-state index in [1.807, 2.05) is 38.1 Å². The van der Waals surface area contributed by atoms with Crippen molar-refractivity contribution in [3.8, 4) is 12.3 Å². The minimum atomic E-state index is -0.143. The lowest BCUT2D eigenvalue weighted by Crippen LogP contribution is -2.32. The molecule has 0 aliphatic rings. The monoisotopic (exact) mass is 431 g/mol. The molecular weight excluding hydrogens is 410 g/mol. The molecule has 6 nitrogen and oxygen atoms in total. The minimum absolute atomic E-state index is 0.119. The zero-order valence-corrected chi connectivity index (χ0v) is 18.1. The summed E-state index contributed by atoms with van der Waals surface area (Å²) in [5.41, 5.74) is 2.20. The summed E-state index contributed by atoms with van der Waals surface area (Å²) in [7, 11) is 0. The van der Waals surface area contributed by atoms with Crippen LogP contribution in [0.1, 0.15) is 28.2 Å². The van der Waals surface area contributed by atoms with Crippen LogP contribution in [0.15, 0.2) is 58.2 Å². The highest BCUT2D eigenvalue weighted by atomic mass is 32.1. The zero-order chi connectivity index (χ0) is 22.0. The molecule has 3 aromatic heterocycles. The molecule has 1 aromatic carbocycles. The number of carbonyl (C=O) groups is 1. The average Bonchev–Trinajstić information content (AvgIpc) is 3.39. The number of terminal acetylenes is 1. The van der Waals surface area contributed by atoms with Crippen LogP contribution >= 0.6 is 11.3 Å². The van der Waals surface area contributed by atoms with Gasteiger partial charge in [-0.05, 0) is 49.7 Å². The van der Waals surface area contributed by atoms with Crippen LogP contribution in [-0.2, 0) is 17.9 Å². The number of thiophene rings is 1. The van der Waals surface area contributed by atoms with E-state index in [1.165, 1.54) is 22.2 Å². The lowest BCUT2D eigenvalue weighted by atomic mass is 10.1. The summed E-state index contributed by atoms with van der Waals surface area (Å²) in [5, 5.41) is 0.631. The van der Waals surface area contributed by atoms with Gasteiger partial charge in [-0.15, -0.1) is 17.8 Å². The Bertz CT molecular complexity index is 1340. The topological polar surface area (TPSA) is 68.3 Å². The van der Waals surface area contributed by atoms with Crippen LogP contribution in [0.5, 0.6) is 0 Å². The molecule has 4 rings (SSSR count). The second-order valence-corrected chi connectivity index (χ2v) is 8.41. The molecule has 0 bridgehead atoms. The summed E-state index contributed by atoms with van der Waals surface area (Å²) < 4.78 is 6.94. The van der Waals surface area contributed by atoms with Crippen molar-refractivity contribution in [2.75, 3.05) is 4.90 Å². The number of rotatable bonds is 6. The van der Waals surface area contributed by atoms with E-state index in [-0.39, 0.29) is 31.0 Å². The molecule has 0 fully saturated rings. The number of amides is 1. The first-order valence-electron chi connectivity index (χ1n) is 9.82. The predicted molar refractivity (Wildman–Crippen MR) is 122 cm³/mol. The molecule has 7 heteroatoms. The summed E-state index contributed by atoms with van der Waals surface area (Å²) in [4.78, 5) is 33.9. The van der Waals surface area contributed by atoms with Crippen LogP contribution in [-0.4, -0.2) is 15.5 Å². The van der Waals surface area contributed by atoms with Gasteiger partial charge in [0.25, 0.3) is 5.56 Å². The van der Waals surface area contributed by atoms with Crippen molar-refractivity contribution in [1.29, 1.82) is 0 Å². The number of hydrogen-bond acceptors (Lipinski definition) is 5. The van der Waals surface area contributed by atoms with E-state index >= 15 is 0 Å². The molecule has 31 heavy (non-hydrogen) atoms. The van der Waals surface area contributed by atoms with Gasteiger partial charge in [0.05, 0.1) is 24.5 Å². The van der Waals surface area contributed by atoms with Crippen LogP contribution < -0.4 is 10.5 Å². The van der Waals surface area contributed by atoms with Gasteiger partial charge in [-0.1, -0.05) is 12.0 Å². The van der Waals surface area contributed by atoms with Crippen LogP contribution in [0.2, 0.25) is 0 Å². The van der Waals surface area contributed by atoms with E-state index < -0.39 is 0 Å². The Hall–Kier alpha value is -3.63. The van der Waals surface area contributed by atoms with Gasteiger partial charge >= 0.3 is 0 Å². The Balaban J connectivity index is 1.60. The predicted octanol–water partition coefficient (Wildman–Crippen LogP) is 4.27. The normalized spacial score (nSPS) is 10.9. The number of nitrogens with zero attached hydrogens (tertiary/aromatic N) is 3. The first kappa shape index (κ1) is 20.6. The molecule has 3 heterocycles. The molecule has 1 amide bonds. The van der Waals surface area contributed by atoms with E-state index in [2.05, 4.69) is 10.9 Å². The minimum Gasteiger partial charge on any atom is -0.467 e. The molecular formula is C24H21N3O3S. The summed E-state index contributed by atoms with van der Waals surface area (Å²) >= 11 is 1.51. The van der Waals surface area contributed by atoms with E-state index in [1.54, 1.807) is 23.3 Å². The van der Waals surface area contributed by atoms with Gasteiger partial charge in [0.15, 0.2) is 0 Å². The fraction of sp³-hybridized carbons (Fsp3) is 0.208. The molecule has 0 saturated heterocycles. The van der Waals surface area contributed by atoms with Crippen molar-refractivity contribution < 1.29 is 9.21 Å². The number of fused-ring (bicyclic) bond motifs is 1. The van der Waals surface area contributed by atoms with Gasteiger partial charge in [0.2, 0.25) is 5.91 Å². The van der Waals surface area contributed by atoms with Crippen LogP contribution in [0.25, 0.3) is 10.2 Å². The Morgan fingerprint density at radius 2 is 2.13 bits per heavy atom. The third-order valence-electron chi connectivity index (χ3n) is 5.24. The molecule has 0 unspecified atom stereocenters. The van der Waals surface area contributed by atoms with Crippen molar-refractivity contribution in [2.24, 2.45) is 0 Å². The summed E-state index contributed by atoms with van der Waals surface area (Å²) in [6.45, 7) is 4.41. The van der Waals surface area contributed by atoms with Gasteiger partial charge in [-0.2, -0.15) is 0 Å². The van der Waals surface area contributed by atoms with Gasteiger partial charge in [-0.3, -0.25) is 14.2 Å². The van der Waals surface area contributed by atoms with E-state index in [0.29, 0.717) is 22.4 Å². The molecule has 0 atom stereocenters. The number of furan rings is 1. The third kappa shape index (κ3) is 4.16. The molecule has 4 aromatic rings.